The first-order chi connectivity index (χ1) is 14.4. The van der Waals surface area contributed by atoms with E-state index in [1.54, 1.807) is 6.20 Å². The van der Waals surface area contributed by atoms with Gasteiger partial charge in [-0.05, 0) is 30.7 Å². The van der Waals surface area contributed by atoms with Crippen molar-refractivity contribution in [1.82, 2.24) is 20.2 Å². The summed E-state index contributed by atoms with van der Waals surface area (Å²) in [5.74, 6) is 2.23. The Morgan fingerprint density at radius 2 is 1.83 bits per heavy atom. The van der Waals surface area contributed by atoms with Crippen LogP contribution in [0.3, 0.4) is 0 Å². The van der Waals surface area contributed by atoms with Gasteiger partial charge in [0.25, 0.3) is 0 Å². The number of hydrogen-bond acceptors (Lipinski definition) is 8. The smallest absolute Gasteiger partial charge is 0.230 e. The number of rotatable bonds is 5. The first-order valence-corrected chi connectivity index (χ1v) is 9.84. The Bertz CT molecular complexity index is 964. The molecule has 29 heavy (non-hydrogen) atoms. The number of aromatic nitrogens is 4. The van der Waals surface area contributed by atoms with Crippen LogP contribution in [0.4, 0.5) is 17.5 Å². The minimum atomic E-state index is 0.325. The average Bonchev–Trinajstić information content (AvgIpc) is 3.23. The molecule has 1 fully saturated rings. The van der Waals surface area contributed by atoms with Crippen LogP contribution in [0.1, 0.15) is 11.3 Å². The molecular weight excluding hydrogens is 368 g/mol. The summed E-state index contributed by atoms with van der Waals surface area (Å²) < 4.78 is 11.6. The van der Waals surface area contributed by atoms with Crippen LogP contribution in [0.5, 0.6) is 5.88 Å². The van der Waals surface area contributed by atoms with Gasteiger partial charge in [-0.15, -0.1) is 0 Å². The third-order valence-electron chi connectivity index (χ3n) is 5.12. The predicted octanol–water partition coefficient (Wildman–Crippen LogP) is 2.38. The zero-order valence-electron chi connectivity index (χ0n) is 16.1. The van der Waals surface area contributed by atoms with E-state index >= 15 is 0 Å². The molecule has 0 N–H and O–H groups in total. The maximum Gasteiger partial charge on any atom is 0.230 e. The van der Waals surface area contributed by atoms with Crippen LogP contribution in [-0.2, 0) is 17.8 Å². The van der Waals surface area contributed by atoms with E-state index in [1.165, 1.54) is 0 Å². The molecule has 0 spiro atoms. The van der Waals surface area contributed by atoms with Crippen molar-refractivity contribution in [2.24, 2.45) is 0 Å². The van der Waals surface area contributed by atoms with E-state index in [2.05, 4.69) is 32.1 Å². The predicted molar refractivity (Wildman–Crippen MR) is 109 cm³/mol. The highest BCUT2D eigenvalue weighted by Gasteiger charge is 2.29. The molecule has 0 aliphatic carbocycles. The monoisotopic (exact) mass is 390 g/mol. The van der Waals surface area contributed by atoms with Crippen molar-refractivity contribution < 1.29 is 9.47 Å². The number of morpholine rings is 1. The van der Waals surface area contributed by atoms with Crippen molar-refractivity contribution in [2.45, 2.75) is 13.0 Å². The van der Waals surface area contributed by atoms with E-state index < -0.39 is 0 Å². The highest BCUT2D eigenvalue weighted by atomic mass is 16.5. The molecule has 1 aromatic carbocycles. The molecule has 0 bridgehead atoms. The third-order valence-corrected chi connectivity index (χ3v) is 5.12. The van der Waals surface area contributed by atoms with Gasteiger partial charge in [0.05, 0.1) is 18.8 Å². The molecule has 0 radical (unpaired) electrons. The average molecular weight is 390 g/mol. The van der Waals surface area contributed by atoms with Gasteiger partial charge < -0.3 is 19.3 Å². The van der Waals surface area contributed by atoms with Crippen molar-refractivity contribution in [2.75, 3.05) is 42.6 Å². The molecule has 0 saturated carbocycles. The Balaban J connectivity index is 1.50. The van der Waals surface area contributed by atoms with Crippen molar-refractivity contribution >= 4 is 17.5 Å². The van der Waals surface area contributed by atoms with Gasteiger partial charge in [-0.3, -0.25) is 0 Å². The number of anilines is 3. The second kappa shape index (κ2) is 8.00. The first-order valence-electron chi connectivity index (χ1n) is 9.84. The van der Waals surface area contributed by atoms with Gasteiger partial charge in [-0.2, -0.15) is 20.2 Å². The zero-order chi connectivity index (χ0) is 19.5. The van der Waals surface area contributed by atoms with Crippen LogP contribution in [0, 0.1) is 0 Å². The summed E-state index contributed by atoms with van der Waals surface area (Å²) >= 11 is 0. The molecule has 148 valence electrons. The van der Waals surface area contributed by atoms with Crippen LogP contribution in [0.15, 0.2) is 48.7 Å². The first kappa shape index (κ1) is 17.8. The molecule has 1 saturated heterocycles. The third kappa shape index (κ3) is 3.71. The fourth-order valence-corrected chi connectivity index (χ4v) is 3.65. The van der Waals surface area contributed by atoms with E-state index in [0.717, 1.165) is 48.8 Å². The summed E-state index contributed by atoms with van der Waals surface area (Å²) in [7, 11) is 0. The maximum absolute atomic E-state index is 6.11. The molecule has 8 heteroatoms. The Morgan fingerprint density at radius 3 is 2.62 bits per heavy atom. The van der Waals surface area contributed by atoms with Crippen LogP contribution in [0.2, 0.25) is 0 Å². The summed E-state index contributed by atoms with van der Waals surface area (Å²) in [6.07, 6.45) is 2.49. The minimum absolute atomic E-state index is 0.325. The topological polar surface area (TPSA) is 76.5 Å². The molecule has 2 aliphatic heterocycles. The van der Waals surface area contributed by atoms with Gasteiger partial charge in [0.2, 0.25) is 11.8 Å². The van der Waals surface area contributed by atoms with Gasteiger partial charge in [0.1, 0.15) is 18.1 Å². The lowest BCUT2D eigenvalue weighted by Gasteiger charge is -2.28. The van der Waals surface area contributed by atoms with Gasteiger partial charge in [-0.1, -0.05) is 18.2 Å². The van der Waals surface area contributed by atoms with Gasteiger partial charge in [0, 0.05) is 31.5 Å². The van der Waals surface area contributed by atoms with Crippen molar-refractivity contribution in [3.63, 3.8) is 0 Å². The molecule has 3 aromatic rings. The fraction of sp³-hybridized carbons (Fsp3) is 0.333. The standard InChI is InChI=1S/C21H22N6O2/c1-2-6-17(7-3-1)27-10-8-18-19(27)23-21(26-11-13-28-14-12-26)24-20(18)29-15-16-5-4-9-22-25-16/h1-7,9H,8,10-15H2. The lowest BCUT2D eigenvalue weighted by Crippen LogP contribution is -2.37. The van der Waals surface area contributed by atoms with E-state index in [0.29, 0.717) is 31.6 Å². The largest absolute Gasteiger partial charge is 0.471 e. The van der Waals surface area contributed by atoms with Gasteiger partial charge >= 0.3 is 0 Å². The molecule has 0 amide bonds. The lowest BCUT2D eigenvalue weighted by atomic mass is 10.2. The number of ether oxygens (including phenoxy) is 2. The van der Waals surface area contributed by atoms with Crippen LogP contribution >= 0.6 is 0 Å². The maximum atomic E-state index is 6.11. The summed E-state index contributed by atoms with van der Waals surface area (Å²) in [6, 6.07) is 14.1. The molecule has 0 unspecified atom stereocenters. The molecule has 0 atom stereocenters. The second-order valence-corrected chi connectivity index (χ2v) is 6.97. The molecule has 5 rings (SSSR count). The molecule has 8 nitrogen and oxygen atoms in total. The Labute approximate surface area is 169 Å². The van der Waals surface area contributed by atoms with E-state index in [1.807, 2.05) is 30.3 Å². The Kier molecular flexibility index (Phi) is 4.92. The van der Waals surface area contributed by atoms with Crippen LogP contribution < -0.4 is 14.5 Å². The van der Waals surface area contributed by atoms with E-state index in [4.69, 9.17) is 19.4 Å². The summed E-state index contributed by atoms with van der Waals surface area (Å²) in [4.78, 5) is 14.1. The SMILES string of the molecule is c1ccc(N2CCc3c(OCc4cccnn4)nc(N4CCOCC4)nc32)cc1. The van der Waals surface area contributed by atoms with Crippen LogP contribution in [0.25, 0.3) is 0 Å². The van der Waals surface area contributed by atoms with Gasteiger partial charge in [-0.25, -0.2) is 0 Å². The van der Waals surface area contributed by atoms with E-state index in [9.17, 15) is 0 Å². The highest BCUT2D eigenvalue weighted by molar-refractivity contribution is 5.69. The molecule has 2 aromatic heterocycles. The normalized spacial score (nSPS) is 16.0. The Morgan fingerprint density at radius 1 is 0.966 bits per heavy atom. The number of benzene rings is 1. The van der Waals surface area contributed by atoms with Crippen molar-refractivity contribution in [3.8, 4) is 5.88 Å². The Hall–Kier alpha value is -3.26. The van der Waals surface area contributed by atoms with Crippen LogP contribution in [-0.4, -0.2) is 53.0 Å². The van der Waals surface area contributed by atoms with E-state index in [-0.39, 0.29) is 0 Å². The lowest BCUT2D eigenvalue weighted by molar-refractivity contribution is 0.122. The number of nitrogens with zero attached hydrogens (tertiary/aromatic N) is 6. The number of para-hydroxylation sites is 1. The number of hydrogen-bond donors (Lipinski definition) is 0. The second-order valence-electron chi connectivity index (χ2n) is 6.97. The quantitative estimate of drug-likeness (QED) is 0.657. The highest BCUT2D eigenvalue weighted by Crippen LogP contribution is 2.38. The molecule has 2 aliphatic rings. The summed E-state index contributed by atoms with van der Waals surface area (Å²) in [5, 5.41) is 8.03. The molecular formula is C21H22N6O2. The minimum Gasteiger partial charge on any atom is -0.471 e. The summed E-state index contributed by atoms with van der Waals surface area (Å²) in [5.41, 5.74) is 2.93. The van der Waals surface area contributed by atoms with Crippen molar-refractivity contribution in [3.05, 3.63) is 59.9 Å². The molecule has 4 heterocycles. The number of fused-ring (bicyclic) bond motifs is 1. The summed E-state index contributed by atoms with van der Waals surface area (Å²) in [6.45, 7) is 4.08. The fourth-order valence-electron chi connectivity index (χ4n) is 3.65. The van der Waals surface area contributed by atoms with Crippen molar-refractivity contribution in [1.29, 1.82) is 0 Å². The zero-order valence-corrected chi connectivity index (χ0v) is 16.1. The van der Waals surface area contributed by atoms with Gasteiger partial charge in [0.15, 0.2) is 0 Å².